The fourth-order valence-corrected chi connectivity index (χ4v) is 3.87. The Labute approximate surface area is 78.0 Å². The molecule has 3 unspecified atom stereocenters. The maximum atomic E-state index is 11.2. The van der Waals surface area contributed by atoms with Gasteiger partial charge < -0.3 is 4.74 Å². The third-order valence-electron chi connectivity index (χ3n) is 4.26. The fraction of sp³-hybridized carbons (Fsp3) is 0.727. The standard InChI is InChI=1S/C11H14O2/c1-2-13-10(12)5-7-6-3-8-9(4-6)11(7)8/h2,6-9,11H,1,3-5H2. The van der Waals surface area contributed by atoms with Crippen molar-refractivity contribution >= 4 is 5.97 Å². The lowest BCUT2D eigenvalue weighted by atomic mass is 9.95. The molecule has 0 aliphatic heterocycles. The van der Waals surface area contributed by atoms with Gasteiger partial charge in [0.05, 0.1) is 6.26 Å². The van der Waals surface area contributed by atoms with E-state index in [-0.39, 0.29) is 5.97 Å². The number of ether oxygens (including phenoxy) is 1. The molecule has 2 heteroatoms. The lowest BCUT2D eigenvalue weighted by Gasteiger charge is -2.12. The summed E-state index contributed by atoms with van der Waals surface area (Å²) in [6.45, 7) is 3.39. The number of carbonyl (C=O) groups is 1. The number of hydrogen-bond acceptors (Lipinski definition) is 2. The van der Waals surface area contributed by atoms with Crippen LogP contribution in [-0.2, 0) is 9.53 Å². The van der Waals surface area contributed by atoms with Crippen LogP contribution in [0.25, 0.3) is 0 Å². The van der Waals surface area contributed by atoms with Crippen molar-refractivity contribution in [1.82, 2.24) is 0 Å². The summed E-state index contributed by atoms with van der Waals surface area (Å²) in [5.41, 5.74) is 0. The third-order valence-corrected chi connectivity index (χ3v) is 4.26. The molecular weight excluding hydrogens is 164 g/mol. The van der Waals surface area contributed by atoms with Crippen LogP contribution in [0.5, 0.6) is 0 Å². The van der Waals surface area contributed by atoms with Crippen molar-refractivity contribution in [3.05, 3.63) is 12.8 Å². The zero-order valence-electron chi connectivity index (χ0n) is 7.61. The first-order valence-corrected chi connectivity index (χ1v) is 5.11. The second-order valence-corrected chi connectivity index (χ2v) is 4.66. The Morgan fingerprint density at radius 3 is 2.62 bits per heavy atom. The number of carbonyl (C=O) groups excluding carboxylic acids is 1. The van der Waals surface area contributed by atoms with Crippen molar-refractivity contribution in [3.63, 3.8) is 0 Å². The summed E-state index contributed by atoms with van der Waals surface area (Å²) in [6.07, 6.45) is 4.66. The molecule has 0 aromatic carbocycles. The van der Waals surface area contributed by atoms with Crippen molar-refractivity contribution in [3.8, 4) is 0 Å². The van der Waals surface area contributed by atoms with Crippen LogP contribution >= 0.6 is 0 Å². The van der Waals surface area contributed by atoms with E-state index in [1.165, 1.54) is 19.1 Å². The van der Waals surface area contributed by atoms with Crippen molar-refractivity contribution in [2.24, 2.45) is 29.6 Å². The number of rotatable bonds is 3. The molecule has 0 heterocycles. The highest BCUT2D eigenvalue weighted by molar-refractivity contribution is 5.70. The smallest absolute Gasteiger partial charge is 0.310 e. The van der Waals surface area contributed by atoms with E-state index < -0.39 is 0 Å². The summed E-state index contributed by atoms with van der Waals surface area (Å²) < 4.78 is 4.76. The summed E-state index contributed by atoms with van der Waals surface area (Å²) in [5, 5.41) is 0. The lowest BCUT2D eigenvalue weighted by molar-refractivity contribution is -0.139. The first-order valence-electron chi connectivity index (χ1n) is 5.11. The average Bonchev–Trinajstić information content (AvgIpc) is 2.52. The molecule has 70 valence electrons. The van der Waals surface area contributed by atoms with E-state index in [0.29, 0.717) is 12.3 Å². The van der Waals surface area contributed by atoms with Gasteiger partial charge in [-0.05, 0) is 42.4 Å². The molecule has 2 nitrogen and oxygen atoms in total. The van der Waals surface area contributed by atoms with Gasteiger partial charge in [-0.1, -0.05) is 6.58 Å². The van der Waals surface area contributed by atoms with Gasteiger partial charge in [0.2, 0.25) is 0 Å². The molecule has 0 amide bonds. The normalized spacial score (nSPS) is 49.1. The minimum atomic E-state index is -0.0850. The first-order chi connectivity index (χ1) is 6.31. The van der Waals surface area contributed by atoms with Gasteiger partial charge in [-0.2, -0.15) is 0 Å². The summed E-state index contributed by atoms with van der Waals surface area (Å²) >= 11 is 0. The van der Waals surface area contributed by atoms with Crippen molar-refractivity contribution in [1.29, 1.82) is 0 Å². The van der Waals surface area contributed by atoms with E-state index >= 15 is 0 Å². The van der Waals surface area contributed by atoms with Crippen molar-refractivity contribution in [2.75, 3.05) is 0 Å². The molecule has 4 fully saturated rings. The van der Waals surface area contributed by atoms with E-state index in [1.54, 1.807) is 0 Å². The monoisotopic (exact) mass is 178 g/mol. The summed E-state index contributed by atoms with van der Waals surface area (Å²) in [5.74, 6) is 4.29. The van der Waals surface area contributed by atoms with E-state index in [1.807, 2.05) is 0 Å². The molecule has 0 aromatic rings. The number of hydrogen-bond donors (Lipinski definition) is 0. The molecule has 0 aromatic heterocycles. The summed E-state index contributed by atoms with van der Waals surface area (Å²) in [6, 6.07) is 0. The summed E-state index contributed by atoms with van der Waals surface area (Å²) in [7, 11) is 0. The van der Waals surface area contributed by atoms with Gasteiger partial charge in [-0.3, -0.25) is 4.79 Å². The van der Waals surface area contributed by atoms with E-state index in [9.17, 15) is 4.79 Å². The molecule has 4 saturated carbocycles. The van der Waals surface area contributed by atoms with Crippen LogP contribution in [0.3, 0.4) is 0 Å². The Morgan fingerprint density at radius 1 is 1.46 bits per heavy atom. The van der Waals surface area contributed by atoms with Gasteiger partial charge >= 0.3 is 5.97 Å². The molecule has 0 N–H and O–H groups in total. The first kappa shape index (κ1) is 7.60. The quantitative estimate of drug-likeness (QED) is 0.488. The van der Waals surface area contributed by atoms with Gasteiger partial charge in [-0.25, -0.2) is 0 Å². The van der Waals surface area contributed by atoms with Crippen LogP contribution in [-0.4, -0.2) is 5.97 Å². The zero-order valence-corrected chi connectivity index (χ0v) is 7.61. The maximum absolute atomic E-state index is 11.2. The SMILES string of the molecule is C=COC(=O)CC1C2CC3C(C2)C13. The Morgan fingerprint density at radius 2 is 2.15 bits per heavy atom. The van der Waals surface area contributed by atoms with Gasteiger partial charge in [0.1, 0.15) is 0 Å². The molecular formula is C11H14O2. The van der Waals surface area contributed by atoms with Crippen LogP contribution in [0.15, 0.2) is 12.8 Å². The molecule has 13 heavy (non-hydrogen) atoms. The minimum Gasteiger partial charge on any atom is -0.435 e. The molecule has 0 spiro atoms. The fourth-order valence-electron chi connectivity index (χ4n) is 3.87. The Balaban J connectivity index is 1.62. The average molecular weight is 178 g/mol. The highest BCUT2D eigenvalue weighted by atomic mass is 16.5. The van der Waals surface area contributed by atoms with Crippen LogP contribution in [0.2, 0.25) is 0 Å². The van der Waals surface area contributed by atoms with Crippen LogP contribution < -0.4 is 0 Å². The highest BCUT2D eigenvalue weighted by Crippen LogP contribution is 2.73. The van der Waals surface area contributed by atoms with Crippen molar-refractivity contribution in [2.45, 2.75) is 19.3 Å². The summed E-state index contributed by atoms with van der Waals surface area (Å²) in [4.78, 5) is 11.2. The van der Waals surface area contributed by atoms with Gasteiger partial charge in [0, 0.05) is 6.42 Å². The second-order valence-electron chi connectivity index (χ2n) is 4.66. The van der Waals surface area contributed by atoms with Crippen LogP contribution in [0.1, 0.15) is 19.3 Å². The van der Waals surface area contributed by atoms with Crippen molar-refractivity contribution < 1.29 is 9.53 Å². The lowest BCUT2D eigenvalue weighted by Crippen LogP contribution is -2.12. The van der Waals surface area contributed by atoms with E-state index in [0.717, 1.165) is 23.7 Å². The molecule has 3 atom stereocenters. The van der Waals surface area contributed by atoms with E-state index in [2.05, 4.69) is 6.58 Å². The third kappa shape index (κ3) is 0.917. The Hall–Kier alpha value is -0.790. The molecule has 4 aliphatic rings. The molecule has 0 radical (unpaired) electrons. The Bertz CT molecular complexity index is 257. The van der Waals surface area contributed by atoms with Gasteiger partial charge in [0.15, 0.2) is 0 Å². The predicted molar refractivity (Wildman–Crippen MR) is 47.6 cm³/mol. The second kappa shape index (κ2) is 2.37. The number of esters is 1. The maximum Gasteiger partial charge on any atom is 0.310 e. The zero-order chi connectivity index (χ0) is 9.00. The van der Waals surface area contributed by atoms with Crippen LogP contribution in [0, 0.1) is 29.6 Å². The topological polar surface area (TPSA) is 26.3 Å². The Kier molecular flexibility index (Phi) is 1.38. The van der Waals surface area contributed by atoms with Crippen LogP contribution in [0.4, 0.5) is 0 Å². The highest BCUT2D eigenvalue weighted by Gasteiger charge is 2.68. The predicted octanol–water partition coefficient (Wildman–Crippen LogP) is 1.97. The molecule has 4 bridgehead atoms. The molecule has 4 rings (SSSR count). The van der Waals surface area contributed by atoms with Gasteiger partial charge in [0.25, 0.3) is 0 Å². The molecule has 4 aliphatic carbocycles. The molecule has 0 saturated heterocycles. The van der Waals surface area contributed by atoms with Gasteiger partial charge in [-0.15, -0.1) is 0 Å². The largest absolute Gasteiger partial charge is 0.435 e. The minimum absolute atomic E-state index is 0.0850. The van der Waals surface area contributed by atoms with E-state index in [4.69, 9.17) is 4.74 Å².